The zero-order valence-electron chi connectivity index (χ0n) is 13.0. The molecule has 21 heavy (non-hydrogen) atoms. The molecule has 2 rings (SSSR count). The molecule has 2 unspecified atom stereocenters. The maximum atomic E-state index is 12.3. The second-order valence-corrected chi connectivity index (χ2v) is 6.01. The summed E-state index contributed by atoms with van der Waals surface area (Å²) in [6.07, 6.45) is 5.12. The van der Waals surface area contributed by atoms with Crippen LogP contribution in [-0.2, 0) is 11.3 Å². The van der Waals surface area contributed by atoms with Crippen LogP contribution < -0.4 is 10.5 Å². The summed E-state index contributed by atoms with van der Waals surface area (Å²) in [6.45, 7) is 0.630. The van der Waals surface area contributed by atoms with E-state index >= 15 is 0 Å². The van der Waals surface area contributed by atoms with Crippen molar-refractivity contribution < 1.29 is 9.53 Å². The second kappa shape index (κ2) is 7.46. The summed E-state index contributed by atoms with van der Waals surface area (Å²) in [5.41, 5.74) is 7.24. The summed E-state index contributed by atoms with van der Waals surface area (Å²) < 4.78 is 5.14. The number of ether oxygens (including phenoxy) is 1. The maximum Gasteiger partial charge on any atom is 0.222 e. The van der Waals surface area contributed by atoms with Gasteiger partial charge in [0.05, 0.1) is 7.11 Å². The summed E-state index contributed by atoms with van der Waals surface area (Å²) in [5.74, 6) is 1.37. The Hall–Kier alpha value is -1.55. The first-order valence-electron chi connectivity index (χ1n) is 7.72. The summed E-state index contributed by atoms with van der Waals surface area (Å²) >= 11 is 0. The Bertz CT molecular complexity index is 458. The van der Waals surface area contributed by atoms with Crippen molar-refractivity contribution in [2.24, 2.45) is 11.7 Å². The molecule has 0 heterocycles. The van der Waals surface area contributed by atoms with E-state index in [1.807, 2.05) is 31.3 Å². The zero-order valence-corrected chi connectivity index (χ0v) is 13.0. The first-order valence-corrected chi connectivity index (χ1v) is 7.72. The Morgan fingerprint density at radius 2 is 1.95 bits per heavy atom. The van der Waals surface area contributed by atoms with Crippen LogP contribution in [-0.4, -0.2) is 31.0 Å². The minimum atomic E-state index is 0.188. The third-order valence-electron chi connectivity index (χ3n) is 4.41. The van der Waals surface area contributed by atoms with E-state index in [-0.39, 0.29) is 11.9 Å². The van der Waals surface area contributed by atoms with Gasteiger partial charge in [0.15, 0.2) is 0 Å². The Kier molecular flexibility index (Phi) is 5.62. The van der Waals surface area contributed by atoms with Crippen LogP contribution in [0.4, 0.5) is 0 Å². The third-order valence-corrected chi connectivity index (χ3v) is 4.41. The van der Waals surface area contributed by atoms with Crippen LogP contribution in [0, 0.1) is 5.92 Å². The number of nitrogens with two attached hydrogens (primary N) is 1. The maximum absolute atomic E-state index is 12.3. The average molecular weight is 290 g/mol. The summed E-state index contributed by atoms with van der Waals surface area (Å²) in [4.78, 5) is 14.1. The lowest BCUT2D eigenvalue weighted by molar-refractivity contribution is -0.131. The monoisotopic (exact) mass is 290 g/mol. The average Bonchev–Trinajstić information content (AvgIpc) is 2.50. The first kappa shape index (κ1) is 15.8. The molecule has 4 nitrogen and oxygen atoms in total. The van der Waals surface area contributed by atoms with Crippen molar-refractivity contribution in [3.63, 3.8) is 0 Å². The number of methoxy groups -OCH3 is 1. The molecule has 4 heteroatoms. The van der Waals surface area contributed by atoms with Crippen LogP contribution >= 0.6 is 0 Å². The van der Waals surface area contributed by atoms with Crippen LogP contribution in [0.3, 0.4) is 0 Å². The van der Waals surface area contributed by atoms with Crippen molar-refractivity contribution in [2.45, 2.75) is 44.7 Å². The predicted octanol–water partition coefficient (Wildman–Crippen LogP) is 2.56. The molecule has 0 aromatic heterocycles. The molecule has 0 bridgehead atoms. The Balaban J connectivity index is 1.86. The highest BCUT2D eigenvalue weighted by atomic mass is 16.5. The van der Waals surface area contributed by atoms with Gasteiger partial charge in [-0.2, -0.15) is 0 Å². The normalized spacial score (nSPS) is 21.9. The third kappa shape index (κ3) is 4.46. The molecule has 0 saturated heterocycles. The fraction of sp³-hybridized carbons (Fsp3) is 0.588. The fourth-order valence-corrected chi connectivity index (χ4v) is 2.96. The van der Waals surface area contributed by atoms with Crippen LogP contribution in [0.5, 0.6) is 5.75 Å². The Labute approximate surface area is 127 Å². The number of hydrogen-bond acceptors (Lipinski definition) is 3. The van der Waals surface area contributed by atoms with E-state index in [0.717, 1.165) is 24.2 Å². The van der Waals surface area contributed by atoms with Gasteiger partial charge >= 0.3 is 0 Å². The van der Waals surface area contributed by atoms with Crippen LogP contribution in [0.1, 0.15) is 37.7 Å². The van der Waals surface area contributed by atoms with Gasteiger partial charge in [-0.25, -0.2) is 0 Å². The van der Waals surface area contributed by atoms with Gasteiger partial charge in [-0.1, -0.05) is 25.0 Å². The molecule has 1 fully saturated rings. The zero-order chi connectivity index (χ0) is 15.2. The SMILES string of the molecule is COc1ccc(CN(C)C(=O)CC2CCCCC2N)cc1. The molecule has 116 valence electrons. The second-order valence-electron chi connectivity index (χ2n) is 6.01. The molecule has 1 aromatic carbocycles. The van der Waals surface area contributed by atoms with E-state index in [0.29, 0.717) is 18.9 Å². The predicted molar refractivity (Wildman–Crippen MR) is 84.0 cm³/mol. The summed E-state index contributed by atoms with van der Waals surface area (Å²) in [6, 6.07) is 8.02. The van der Waals surface area contributed by atoms with Crippen molar-refractivity contribution >= 4 is 5.91 Å². The van der Waals surface area contributed by atoms with Crippen molar-refractivity contribution in [3.8, 4) is 5.75 Å². The van der Waals surface area contributed by atoms with Crippen molar-refractivity contribution in [1.82, 2.24) is 4.90 Å². The molecule has 0 aliphatic heterocycles. The standard InChI is InChI=1S/C17H26N2O2/c1-19(12-13-7-9-15(21-2)10-8-13)17(20)11-14-5-3-4-6-16(14)18/h7-10,14,16H,3-6,11-12,18H2,1-2H3. The number of amides is 1. The lowest BCUT2D eigenvalue weighted by Crippen LogP contribution is -2.37. The highest BCUT2D eigenvalue weighted by molar-refractivity contribution is 5.76. The Morgan fingerprint density at radius 3 is 2.57 bits per heavy atom. The molecule has 1 saturated carbocycles. The van der Waals surface area contributed by atoms with Crippen LogP contribution in [0.15, 0.2) is 24.3 Å². The number of nitrogens with zero attached hydrogens (tertiary/aromatic N) is 1. The van der Waals surface area contributed by atoms with Gasteiger partial charge in [0.1, 0.15) is 5.75 Å². The summed E-state index contributed by atoms with van der Waals surface area (Å²) in [7, 11) is 3.51. The molecule has 1 aliphatic rings. The largest absolute Gasteiger partial charge is 0.497 e. The molecule has 0 spiro atoms. The lowest BCUT2D eigenvalue weighted by Gasteiger charge is -2.29. The molecule has 1 aliphatic carbocycles. The van der Waals surface area contributed by atoms with Crippen molar-refractivity contribution in [2.75, 3.05) is 14.2 Å². The quantitative estimate of drug-likeness (QED) is 0.906. The van der Waals surface area contributed by atoms with Gasteiger partial charge in [0, 0.05) is 26.1 Å². The molecule has 2 N–H and O–H groups in total. The van der Waals surface area contributed by atoms with E-state index in [1.165, 1.54) is 12.8 Å². The highest BCUT2D eigenvalue weighted by Crippen LogP contribution is 2.26. The van der Waals surface area contributed by atoms with Gasteiger partial charge in [-0.3, -0.25) is 4.79 Å². The smallest absolute Gasteiger partial charge is 0.222 e. The molecule has 1 aromatic rings. The van der Waals surface area contributed by atoms with Gasteiger partial charge in [0.2, 0.25) is 5.91 Å². The molecule has 2 atom stereocenters. The number of carbonyl (C=O) groups is 1. The first-order chi connectivity index (χ1) is 10.1. The number of rotatable bonds is 5. The molecule has 1 amide bonds. The number of hydrogen-bond donors (Lipinski definition) is 1. The van der Waals surface area contributed by atoms with Gasteiger partial charge in [-0.15, -0.1) is 0 Å². The minimum Gasteiger partial charge on any atom is -0.497 e. The van der Waals surface area contributed by atoms with Gasteiger partial charge in [0.25, 0.3) is 0 Å². The van der Waals surface area contributed by atoms with E-state index in [2.05, 4.69) is 0 Å². The minimum absolute atomic E-state index is 0.188. The molecule has 0 radical (unpaired) electrons. The van der Waals surface area contributed by atoms with Gasteiger partial charge < -0.3 is 15.4 Å². The van der Waals surface area contributed by atoms with Crippen LogP contribution in [0.25, 0.3) is 0 Å². The van der Waals surface area contributed by atoms with E-state index in [4.69, 9.17) is 10.5 Å². The van der Waals surface area contributed by atoms with E-state index in [1.54, 1.807) is 12.0 Å². The fourth-order valence-electron chi connectivity index (χ4n) is 2.96. The number of carbonyl (C=O) groups excluding carboxylic acids is 1. The molecular weight excluding hydrogens is 264 g/mol. The number of benzene rings is 1. The molecular formula is C17H26N2O2. The van der Waals surface area contributed by atoms with Gasteiger partial charge in [-0.05, 0) is 36.5 Å². The van der Waals surface area contributed by atoms with Crippen molar-refractivity contribution in [1.29, 1.82) is 0 Å². The van der Waals surface area contributed by atoms with Crippen LogP contribution in [0.2, 0.25) is 0 Å². The van der Waals surface area contributed by atoms with E-state index < -0.39 is 0 Å². The topological polar surface area (TPSA) is 55.6 Å². The van der Waals surface area contributed by atoms with Crippen molar-refractivity contribution in [3.05, 3.63) is 29.8 Å². The Morgan fingerprint density at radius 1 is 1.29 bits per heavy atom. The highest BCUT2D eigenvalue weighted by Gasteiger charge is 2.25. The summed E-state index contributed by atoms with van der Waals surface area (Å²) in [5, 5.41) is 0. The lowest BCUT2D eigenvalue weighted by atomic mass is 9.83. The van der Waals surface area contributed by atoms with E-state index in [9.17, 15) is 4.79 Å².